The van der Waals surface area contributed by atoms with Crippen molar-refractivity contribution in [3.05, 3.63) is 35.4 Å². The van der Waals surface area contributed by atoms with E-state index in [2.05, 4.69) is 31.2 Å². The Morgan fingerprint density at radius 1 is 1.18 bits per heavy atom. The van der Waals surface area contributed by atoms with Crippen molar-refractivity contribution in [2.45, 2.75) is 46.0 Å². The molecule has 0 aliphatic heterocycles. The molecule has 0 atom stereocenters. The first-order valence-corrected chi connectivity index (χ1v) is 6.43. The molecule has 0 fully saturated rings. The summed E-state index contributed by atoms with van der Waals surface area (Å²) >= 11 is 0. The Balaban J connectivity index is 2.08. The van der Waals surface area contributed by atoms with Gasteiger partial charge >= 0.3 is 5.97 Å². The number of rotatable bonds is 7. The quantitative estimate of drug-likeness (QED) is 0.531. The molecule has 0 radical (unpaired) electrons. The summed E-state index contributed by atoms with van der Waals surface area (Å²) < 4.78 is 5.10. The van der Waals surface area contributed by atoms with Gasteiger partial charge in [0.2, 0.25) is 0 Å². The van der Waals surface area contributed by atoms with Crippen molar-refractivity contribution in [3.8, 4) is 0 Å². The van der Waals surface area contributed by atoms with Crippen molar-refractivity contribution in [1.29, 1.82) is 0 Å². The maximum atomic E-state index is 11.1. The molecule has 1 rings (SSSR count). The lowest BCUT2D eigenvalue weighted by molar-refractivity contribution is -0.143. The SMILES string of the molecule is CCCC(=O)OCCCCc1ccc(C)cc1. The Bertz CT molecular complexity index is 327. The molecular weight excluding hydrogens is 212 g/mol. The first kappa shape index (κ1) is 13.8. The van der Waals surface area contributed by atoms with Gasteiger partial charge in [0.05, 0.1) is 6.61 Å². The lowest BCUT2D eigenvalue weighted by Gasteiger charge is -2.04. The van der Waals surface area contributed by atoms with E-state index in [0.29, 0.717) is 13.0 Å². The Labute approximate surface area is 104 Å². The van der Waals surface area contributed by atoms with E-state index in [-0.39, 0.29) is 5.97 Å². The molecule has 0 spiro atoms. The zero-order valence-corrected chi connectivity index (χ0v) is 10.9. The van der Waals surface area contributed by atoms with E-state index in [1.807, 2.05) is 6.92 Å². The smallest absolute Gasteiger partial charge is 0.305 e. The van der Waals surface area contributed by atoms with Gasteiger partial charge in [0.15, 0.2) is 0 Å². The Hall–Kier alpha value is -1.31. The second kappa shape index (κ2) is 7.88. The predicted octanol–water partition coefficient (Wildman–Crippen LogP) is 3.66. The normalized spacial score (nSPS) is 10.2. The fourth-order valence-electron chi connectivity index (χ4n) is 1.65. The summed E-state index contributed by atoms with van der Waals surface area (Å²) in [4.78, 5) is 11.1. The predicted molar refractivity (Wildman–Crippen MR) is 70.0 cm³/mol. The average Bonchev–Trinajstić information content (AvgIpc) is 2.31. The minimum Gasteiger partial charge on any atom is -0.466 e. The minimum absolute atomic E-state index is 0.0668. The van der Waals surface area contributed by atoms with Crippen LogP contribution in [0.15, 0.2) is 24.3 Å². The Kier molecular flexibility index (Phi) is 6.38. The average molecular weight is 234 g/mol. The van der Waals surface area contributed by atoms with Crippen LogP contribution in [0.2, 0.25) is 0 Å². The molecule has 2 heteroatoms. The fourth-order valence-corrected chi connectivity index (χ4v) is 1.65. The lowest BCUT2D eigenvalue weighted by Crippen LogP contribution is -2.05. The van der Waals surface area contributed by atoms with Crippen LogP contribution in [0.1, 0.15) is 43.7 Å². The molecule has 0 amide bonds. The molecule has 94 valence electrons. The fraction of sp³-hybridized carbons (Fsp3) is 0.533. The van der Waals surface area contributed by atoms with Crippen LogP contribution in [0.5, 0.6) is 0 Å². The third kappa shape index (κ3) is 6.10. The molecular formula is C15H22O2. The van der Waals surface area contributed by atoms with E-state index in [1.54, 1.807) is 0 Å². The monoisotopic (exact) mass is 234 g/mol. The Morgan fingerprint density at radius 2 is 1.88 bits per heavy atom. The van der Waals surface area contributed by atoms with Gasteiger partial charge < -0.3 is 4.74 Å². The Morgan fingerprint density at radius 3 is 2.53 bits per heavy atom. The zero-order chi connectivity index (χ0) is 12.5. The molecule has 1 aromatic rings. The first-order chi connectivity index (χ1) is 8.22. The molecule has 0 heterocycles. The molecule has 17 heavy (non-hydrogen) atoms. The summed E-state index contributed by atoms with van der Waals surface area (Å²) in [6.07, 6.45) is 4.48. The van der Waals surface area contributed by atoms with E-state index in [1.165, 1.54) is 11.1 Å². The van der Waals surface area contributed by atoms with Crippen LogP contribution >= 0.6 is 0 Å². The number of hydrogen-bond acceptors (Lipinski definition) is 2. The molecule has 0 aliphatic rings. The zero-order valence-electron chi connectivity index (χ0n) is 10.9. The third-order valence-electron chi connectivity index (χ3n) is 2.70. The highest BCUT2D eigenvalue weighted by Gasteiger charge is 2.00. The van der Waals surface area contributed by atoms with Crippen LogP contribution in [0.3, 0.4) is 0 Å². The van der Waals surface area contributed by atoms with E-state index in [9.17, 15) is 4.79 Å². The maximum Gasteiger partial charge on any atom is 0.305 e. The van der Waals surface area contributed by atoms with Gasteiger partial charge in [-0.3, -0.25) is 4.79 Å². The minimum atomic E-state index is -0.0668. The molecule has 0 bridgehead atoms. The number of hydrogen-bond donors (Lipinski definition) is 0. The number of carbonyl (C=O) groups is 1. The molecule has 0 aliphatic carbocycles. The third-order valence-corrected chi connectivity index (χ3v) is 2.70. The van der Waals surface area contributed by atoms with Crippen molar-refractivity contribution in [2.24, 2.45) is 0 Å². The number of benzene rings is 1. The van der Waals surface area contributed by atoms with Gasteiger partial charge in [-0.25, -0.2) is 0 Å². The van der Waals surface area contributed by atoms with Crippen molar-refractivity contribution in [3.63, 3.8) is 0 Å². The van der Waals surface area contributed by atoms with Crippen LogP contribution in [-0.4, -0.2) is 12.6 Å². The largest absolute Gasteiger partial charge is 0.466 e. The molecule has 0 N–H and O–H groups in total. The van der Waals surface area contributed by atoms with E-state index >= 15 is 0 Å². The number of carbonyl (C=O) groups excluding carboxylic acids is 1. The molecule has 0 aromatic heterocycles. The van der Waals surface area contributed by atoms with Crippen molar-refractivity contribution in [1.82, 2.24) is 0 Å². The molecule has 1 aromatic carbocycles. The molecule has 0 saturated carbocycles. The summed E-state index contributed by atoms with van der Waals surface area (Å²) in [5, 5.41) is 0. The topological polar surface area (TPSA) is 26.3 Å². The van der Waals surface area contributed by atoms with Crippen LogP contribution in [-0.2, 0) is 16.0 Å². The van der Waals surface area contributed by atoms with Gasteiger partial charge in [-0.1, -0.05) is 36.8 Å². The second-order valence-electron chi connectivity index (χ2n) is 4.41. The molecule has 2 nitrogen and oxygen atoms in total. The highest BCUT2D eigenvalue weighted by molar-refractivity contribution is 5.69. The lowest BCUT2D eigenvalue weighted by atomic mass is 10.1. The summed E-state index contributed by atoms with van der Waals surface area (Å²) in [7, 11) is 0. The van der Waals surface area contributed by atoms with Gasteiger partial charge in [-0.05, 0) is 38.2 Å². The van der Waals surface area contributed by atoms with Gasteiger partial charge in [0, 0.05) is 6.42 Å². The van der Waals surface area contributed by atoms with Crippen molar-refractivity contribution in [2.75, 3.05) is 6.61 Å². The number of aryl methyl sites for hydroxylation is 2. The van der Waals surface area contributed by atoms with E-state index < -0.39 is 0 Å². The summed E-state index contributed by atoms with van der Waals surface area (Å²) in [6, 6.07) is 8.60. The van der Waals surface area contributed by atoms with Crippen LogP contribution in [0, 0.1) is 6.92 Å². The van der Waals surface area contributed by atoms with Gasteiger partial charge in [-0.2, -0.15) is 0 Å². The highest BCUT2D eigenvalue weighted by atomic mass is 16.5. The number of esters is 1. The second-order valence-corrected chi connectivity index (χ2v) is 4.41. The van der Waals surface area contributed by atoms with E-state index in [4.69, 9.17) is 4.74 Å². The van der Waals surface area contributed by atoms with Crippen LogP contribution in [0.25, 0.3) is 0 Å². The maximum absolute atomic E-state index is 11.1. The summed E-state index contributed by atoms with van der Waals surface area (Å²) in [5.74, 6) is -0.0668. The van der Waals surface area contributed by atoms with Crippen LogP contribution < -0.4 is 0 Å². The molecule has 0 saturated heterocycles. The highest BCUT2D eigenvalue weighted by Crippen LogP contribution is 2.07. The van der Waals surface area contributed by atoms with Crippen molar-refractivity contribution < 1.29 is 9.53 Å². The molecule has 0 unspecified atom stereocenters. The van der Waals surface area contributed by atoms with Crippen molar-refractivity contribution >= 4 is 5.97 Å². The van der Waals surface area contributed by atoms with E-state index in [0.717, 1.165) is 25.7 Å². The van der Waals surface area contributed by atoms with Crippen LogP contribution in [0.4, 0.5) is 0 Å². The summed E-state index contributed by atoms with van der Waals surface area (Å²) in [5.41, 5.74) is 2.65. The van der Waals surface area contributed by atoms with Gasteiger partial charge in [-0.15, -0.1) is 0 Å². The van der Waals surface area contributed by atoms with Gasteiger partial charge in [0.1, 0.15) is 0 Å². The number of ether oxygens (including phenoxy) is 1. The summed E-state index contributed by atoms with van der Waals surface area (Å²) in [6.45, 7) is 4.64. The standard InChI is InChI=1S/C15H22O2/c1-3-6-15(16)17-12-5-4-7-14-10-8-13(2)9-11-14/h8-11H,3-7,12H2,1-2H3. The number of unbranched alkanes of at least 4 members (excludes halogenated alkanes) is 1. The van der Waals surface area contributed by atoms with Gasteiger partial charge in [0.25, 0.3) is 0 Å². The first-order valence-electron chi connectivity index (χ1n) is 6.43.